The van der Waals surface area contributed by atoms with Crippen LogP contribution in [0.2, 0.25) is 0 Å². The van der Waals surface area contributed by atoms with E-state index in [0.717, 1.165) is 11.3 Å². The molecule has 0 aliphatic heterocycles. The minimum atomic E-state index is -5.72. The summed E-state index contributed by atoms with van der Waals surface area (Å²) in [6.07, 6.45) is 3.29. The summed E-state index contributed by atoms with van der Waals surface area (Å²) in [6.45, 7) is 1.66. The van der Waals surface area contributed by atoms with E-state index < -0.39 is 21.5 Å². The van der Waals surface area contributed by atoms with Gasteiger partial charge >= 0.3 is 15.6 Å². The number of nitrogens with zero attached hydrogens (tertiary/aromatic N) is 2. The zero-order valence-corrected chi connectivity index (χ0v) is 12.2. The van der Waals surface area contributed by atoms with Crippen LogP contribution in [0, 0.1) is 0 Å². The molecular formula is C11H9F3N2O3S2. The topological polar surface area (TPSA) is 69.2 Å². The number of thiazole rings is 1. The van der Waals surface area contributed by atoms with Crippen LogP contribution < -0.4 is 4.18 Å². The molecule has 0 unspecified atom stereocenters. The van der Waals surface area contributed by atoms with Crippen molar-refractivity contribution in [1.82, 2.24) is 9.97 Å². The summed E-state index contributed by atoms with van der Waals surface area (Å²) >= 11 is 1.07. The molecule has 0 aliphatic rings. The maximum Gasteiger partial charge on any atom is 0.534 e. The van der Waals surface area contributed by atoms with Crippen LogP contribution in [0.15, 0.2) is 24.5 Å². The van der Waals surface area contributed by atoms with Gasteiger partial charge in [-0.3, -0.25) is 4.98 Å². The fraction of sp³-hybridized carbons (Fsp3) is 0.273. The second-order valence-electron chi connectivity index (χ2n) is 3.82. The molecule has 0 fully saturated rings. The van der Waals surface area contributed by atoms with Gasteiger partial charge in [0.05, 0.1) is 4.88 Å². The van der Waals surface area contributed by atoms with Crippen molar-refractivity contribution in [3.63, 3.8) is 0 Å². The number of hydrogen-bond acceptors (Lipinski definition) is 6. The van der Waals surface area contributed by atoms with Gasteiger partial charge in [-0.1, -0.05) is 6.92 Å². The second-order valence-corrected chi connectivity index (χ2v) is 6.44. The first kappa shape index (κ1) is 15.7. The molecule has 0 atom stereocenters. The molecule has 114 valence electrons. The van der Waals surface area contributed by atoms with Gasteiger partial charge in [0.15, 0.2) is 0 Å². The average molecular weight is 338 g/mol. The van der Waals surface area contributed by atoms with E-state index in [1.165, 1.54) is 12.4 Å². The molecule has 2 rings (SSSR count). The smallest absolute Gasteiger partial charge is 0.354 e. The van der Waals surface area contributed by atoms with Crippen LogP contribution in [0.4, 0.5) is 13.2 Å². The Hall–Kier alpha value is -1.68. The Morgan fingerprint density at radius 2 is 1.90 bits per heavy atom. The zero-order valence-electron chi connectivity index (χ0n) is 10.6. The fourth-order valence-electron chi connectivity index (χ4n) is 1.40. The first-order valence-electron chi connectivity index (χ1n) is 5.65. The van der Waals surface area contributed by atoms with Crippen molar-refractivity contribution >= 4 is 21.5 Å². The number of hydrogen-bond donors (Lipinski definition) is 0. The quantitative estimate of drug-likeness (QED) is 0.633. The molecule has 0 aliphatic carbocycles. The molecular weight excluding hydrogens is 329 g/mol. The lowest BCUT2D eigenvalue weighted by atomic mass is 10.3. The largest absolute Gasteiger partial charge is 0.534 e. The Bertz CT molecular complexity index is 727. The van der Waals surface area contributed by atoms with Gasteiger partial charge in [-0.15, -0.1) is 11.3 Å². The van der Waals surface area contributed by atoms with Gasteiger partial charge in [-0.2, -0.15) is 21.6 Å². The number of halogens is 3. The van der Waals surface area contributed by atoms with Crippen LogP contribution >= 0.6 is 11.3 Å². The number of rotatable bonds is 4. The summed E-state index contributed by atoms with van der Waals surface area (Å²) < 4.78 is 63.2. The summed E-state index contributed by atoms with van der Waals surface area (Å²) in [4.78, 5) is 7.97. The van der Waals surface area contributed by atoms with Gasteiger partial charge in [-0.05, 0) is 18.6 Å². The van der Waals surface area contributed by atoms with Crippen molar-refractivity contribution in [3.05, 3.63) is 29.4 Å². The standard InChI is InChI=1S/C11H9F3N2O3S2/c1-2-8-9(19-21(17,18)11(12,13)14)16-10(20-8)7-3-5-15-6-4-7/h3-6H,2H2,1H3. The van der Waals surface area contributed by atoms with Crippen molar-refractivity contribution in [2.24, 2.45) is 0 Å². The van der Waals surface area contributed by atoms with Gasteiger partial charge < -0.3 is 4.18 Å². The van der Waals surface area contributed by atoms with Crippen LogP contribution in [0.25, 0.3) is 10.6 Å². The summed E-state index contributed by atoms with van der Waals surface area (Å²) in [5.74, 6) is -0.536. The molecule has 21 heavy (non-hydrogen) atoms. The number of alkyl halides is 3. The summed E-state index contributed by atoms with van der Waals surface area (Å²) in [7, 11) is -5.72. The molecule has 0 saturated carbocycles. The van der Waals surface area contributed by atoms with Gasteiger partial charge in [0.2, 0.25) is 5.88 Å². The van der Waals surface area contributed by atoms with Crippen molar-refractivity contribution in [2.45, 2.75) is 18.9 Å². The third-order valence-corrected chi connectivity index (χ3v) is 4.56. The van der Waals surface area contributed by atoms with Crippen molar-refractivity contribution in [2.75, 3.05) is 0 Å². The minimum absolute atomic E-state index is 0.297. The Morgan fingerprint density at radius 1 is 1.29 bits per heavy atom. The minimum Gasteiger partial charge on any atom is -0.354 e. The molecule has 0 amide bonds. The van der Waals surface area contributed by atoms with E-state index in [1.54, 1.807) is 19.1 Å². The van der Waals surface area contributed by atoms with E-state index in [1.807, 2.05) is 0 Å². The van der Waals surface area contributed by atoms with E-state index in [-0.39, 0.29) is 0 Å². The van der Waals surface area contributed by atoms with Crippen molar-refractivity contribution < 1.29 is 25.8 Å². The van der Waals surface area contributed by atoms with Crippen LogP contribution in [0.1, 0.15) is 11.8 Å². The average Bonchev–Trinajstić information content (AvgIpc) is 2.81. The van der Waals surface area contributed by atoms with Crippen molar-refractivity contribution in [3.8, 4) is 16.5 Å². The van der Waals surface area contributed by atoms with Crippen LogP contribution in [-0.2, 0) is 16.5 Å². The maximum absolute atomic E-state index is 12.3. The molecule has 2 aromatic rings. The highest BCUT2D eigenvalue weighted by molar-refractivity contribution is 7.88. The monoisotopic (exact) mass is 338 g/mol. The molecule has 0 bridgehead atoms. The van der Waals surface area contributed by atoms with Gasteiger partial charge in [0, 0.05) is 18.0 Å². The lowest BCUT2D eigenvalue weighted by Crippen LogP contribution is -2.28. The first-order chi connectivity index (χ1) is 9.74. The maximum atomic E-state index is 12.3. The predicted molar refractivity (Wildman–Crippen MR) is 70.3 cm³/mol. The number of pyridine rings is 1. The number of aryl methyl sites for hydroxylation is 1. The highest BCUT2D eigenvalue weighted by Gasteiger charge is 2.49. The molecule has 0 N–H and O–H groups in total. The number of aromatic nitrogens is 2. The molecule has 0 radical (unpaired) electrons. The summed E-state index contributed by atoms with van der Waals surface area (Å²) in [5, 5.41) is 0.363. The second kappa shape index (κ2) is 5.60. The Labute approximate surface area is 122 Å². The van der Waals surface area contributed by atoms with Crippen molar-refractivity contribution in [1.29, 1.82) is 0 Å². The molecule has 10 heteroatoms. The SMILES string of the molecule is CCc1sc(-c2ccncc2)nc1OS(=O)(=O)C(F)(F)F. The third-order valence-electron chi connectivity index (χ3n) is 2.38. The normalized spacial score (nSPS) is 12.4. The van der Waals surface area contributed by atoms with E-state index in [4.69, 9.17) is 0 Å². The Kier molecular flexibility index (Phi) is 4.19. The fourth-order valence-corrected chi connectivity index (χ4v) is 2.82. The highest BCUT2D eigenvalue weighted by Crippen LogP contribution is 2.35. The van der Waals surface area contributed by atoms with Gasteiger partial charge in [0.25, 0.3) is 0 Å². The summed E-state index contributed by atoms with van der Waals surface area (Å²) in [5.41, 5.74) is -4.87. The lowest BCUT2D eigenvalue weighted by Gasteiger charge is -2.07. The zero-order chi connectivity index (χ0) is 15.7. The predicted octanol–water partition coefficient (Wildman–Crippen LogP) is 3.00. The molecule has 2 aromatic heterocycles. The highest BCUT2D eigenvalue weighted by atomic mass is 32.2. The van der Waals surface area contributed by atoms with E-state index in [2.05, 4.69) is 14.2 Å². The first-order valence-corrected chi connectivity index (χ1v) is 7.88. The van der Waals surface area contributed by atoms with Crippen LogP contribution in [0.3, 0.4) is 0 Å². The molecule has 5 nitrogen and oxygen atoms in total. The third kappa shape index (κ3) is 3.32. The Morgan fingerprint density at radius 3 is 2.43 bits per heavy atom. The molecule has 0 aromatic carbocycles. The molecule has 0 spiro atoms. The van der Waals surface area contributed by atoms with Gasteiger partial charge in [0.1, 0.15) is 5.01 Å². The van der Waals surface area contributed by atoms with Crippen LogP contribution in [0.5, 0.6) is 5.88 Å². The van der Waals surface area contributed by atoms with E-state index >= 15 is 0 Å². The van der Waals surface area contributed by atoms with Gasteiger partial charge in [-0.25, -0.2) is 4.98 Å². The Balaban J connectivity index is 2.40. The van der Waals surface area contributed by atoms with E-state index in [9.17, 15) is 21.6 Å². The van der Waals surface area contributed by atoms with Crippen LogP contribution in [-0.4, -0.2) is 23.9 Å². The molecule has 2 heterocycles. The molecule has 0 saturated heterocycles. The lowest BCUT2D eigenvalue weighted by molar-refractivity contribution is -0.0501. The summed E-state index contributed by atoms with van der Waals surface area (Å²) in [6, 6.07) is 3.22. The van der Waals surface area contributed by atoms with E-state index in [0.29, 0.717) is 21.9 Å².